The molecule has 0 aliphatic carbocycles. The van der Waals surface area contributed by atoms with Crippen molar-refractivity contribution in [3.8, 4) is 0 Å². The molecule has 94 valence electrons. The van der Waals surface area contributed by atoms with E-state index in [0.717, 1.165) is 6.42 Å². The minimum atomic E-state index is -0.270. The molecule has 1 amide bonds. The molecule has 0 spiro atoms. The van der Waals surface area contributed by atoms with Crippen LogP contribution in [0.3, 0.4) is 0 Å². The molecule has 0 radical (unpaired) electrons. The number of rotatable bonds is 4. The van der Waals surface area contributed by atoms with Crippen molar-refractivity contribution >= 4 is 5.91 Å². The van der Waals surface area contributed by atoms with E-state index in [-0.39, 0.29) is 17.8 Å². The van der Waals surface area contributed by atoms with Crippen LogP contribution in [0.2, 0.25) is 0 Å². The van der Waals surface area contributed by atoms with Crippen molar-refractivity contribution in [2.24, 2.45) is 0 Å². The van der Waals surface area contributed by atoms with Gasteiger partial charge in [0.1, 0.15) is 5.82 Å². The Balaban J connectivity index is 2.98. The van der Waals surface area contributed by atoms with Gasteiger partial charge in [-0.05, 0) is 51.0 Å². The molecule has 0 aromatic heterocycles. The standard InChI is InChI=1S/C14H20FNO/c1-5-11(4)16(6-2)14(17)12-7-8-13(15)10(3)9-12/h7-9,11H,5-6H2,1-4H3. The summed E-state index contributed by atoms with van der Waals surface area (Å²) in [5.74, 6) is -0.293. The Kier molecular flexibility index (Phi) is 4.67. The van der Waals surface area contributed by atoms with Crippen LogP contribution >= 0.6 is 0 Å². The molecule has 0 heterocycles. The molecule has 0 saturated carbocycles. The van der Waals surface area contributed by atoms with Gasteiger partial charge in [0.15, 0.2) is 0 Å². The SMILES string of the molecule is CCC(C)N(CC)C(=O)c1ccc(F)c(C)c1. The first kappa shape index (κ1) is 13.7. The van der Waals surface area contributed by atoms with Crippen molar-refractivity contribution in [2.75, 3.05) is 6.54 Å². The molecule has 3 heteroatoms. The van der Waals surface area contributed by atoms with Gasteiger partial charge in [0.2, 0.25) is 0 Å². The predicted molar refractivity (Wildman–Crippen MR) is 67.6 cm³/mol. The number of benzene rings is 1. The summed E-state index contributed by atoms with van der Waals surface area (Å²) in [5.41, 5.74) is 1.07. The van der Waals surface area contributed by atoms with Gasteiger partial charge in [-0.3, -0.25) is 4.79 Å². The molecule has 1 aromatic rings. The molecule has 2 nitrogen and oxygen atoms in total. The average molecular weight is 237 g/mol. The maximum atomic E-state index is 13.1. The van der Waals surface area contributed by atoms with Gasteiger partial charge in [0, 0.05) is 18.2 Å². The molecule has 0 aliphatic heterocycles. The highest BCUT2D eigenvalue weighted by atomic mass is 19.1. The van der Waals surface area contributed by atoms with Crippen LogP contribution in [-0.2, 0) is 0 Å². The van der Waals surface area contributed by atoms with Crippen molar-refractivity contribution in [3.05, 3.63) is 35.1 Å². The zero-order chi connectivity index (χ0) is 13.0. The molecule has 1 aromatic carbocycles. The van der Waals surface area contributed by atoms with E-state index in [1.54, 1.807) is 19.1 Å². The second kappa shape index (κ2) is 5.80. The van der Waals surface area contributed by atoms with Crippen LogP contribution in [0.4, 0.5) is 4.39 Å². The fraction of sp³-hybridized carbons (Fsp3) is 0.500. The van der Waals surface area contributed by atoms with Crippen LogP contribution < -0.4 is 0 Å². The van der Waals surface area contributed by atoms with Crippen LogP contribution in [0.15, 0.2) is 18.2 Å². The summed E-state index contributed by atoms with van der Waals surface area (Å²) < 4.78 is 13.1. The summed E-state index contributed by atoms with van der Waals surface area (Å²) in [6, 6.07) is 4.73. The van der Waals surface area contributed by atoms with Gasteiger partial charge >= 0.3 is 0 Å². The molecule has 0 bridgehead atoms. The number of nitrogens with zero attached hydrogens (tertiary/aromatic N) is 1. The Morgan fingerprint density at radius 2 is 2.06 bits per heavy atom. The van der Waals surface area contributed by atoms with Crippen molar-refractivity contribution in [1.82, 2.24) is 4.90 Å². The average Bonchev–Trinajstić information content (AvgIpc) is 2.33. The van der Waals surface area contributed by atoms with E-state index in [1.165, 1.54) is 6.07 Å². The first-order valence-corrected chi connectivity index (χ1v) is 6.08. The molecule has 0 fully saturated rings. The van der Waals surface area contributed by atoms with Gasteiger partial charge in [-0.15, -0.1) is 0 Å². The monoisotopic (exact) mass is 237 g/mol. The molecule has 17 heavy (non-hydrogen) atoms. The topological polar surface area (TPSA) is 20.3 Å². The molecule has 1 atom stereocenters. The number of aryl methyl sites for hydroxylation is 1. The van der Waals surface area contributed by atoms with Gasteiger partial charge in [-0.25, -0.2) is 4.39 Å². The van der Waals surface area contributed by atoms with E-state index in [4.69, 9.17) is 0 Å². The van der Waals surface area contributed by atoms with Crippen molar-refractivity contribution < 1.29 is 9.18 Å². The minimum Gasteiger partial charge on any atom is -0.336 e. The van der Waals surface area contributed by atoms with E-state index < -0.39 is 0 Å². The second-order valence-corrected chi connectivity index (χ2v) is 4.31. The van der Waals surface area contributed by atoms with Gasteiger partial charge in [0.05, 0.1) is 0 Å². The number of amides is 1. The third-order valence-corrected chi connectivity index (χ3v) is 3.13. The summed E-state index contributed by atoms with van der Waals surface area (Å²) in [5, 5.41) is 0. The zero-order valence-electron chi connectivity index (χ0n) is 11.0. The van der Waals surface area contributed by atoms with Gasteiger partial charge in [-0.1, -0.05) is 6.92 Å². The largest absolute Gasteiger partial charge is 0.336 e. The van der Waals surface area contributed by atoms with Crippen LogP contribution in [0, 0.1) is 12.7 Å². The number of carbonyl (C=O) groups excluding carboxylic acids is 1. The molecular weight excluding hydrogens is 217 g/mol. The summed E-state index contributed by atoms with van der Waals surface area (Å²) in [4.78, 5) is 14.1. The first-order valence-electron chi connectivity index (χ1n) is 6.08. The summed E-state index contributed by atoms with van der Waals surface area (Å²) in [6.07, 6.45) is 0.916. The number of carbonyl (C=O) groups is 1. The molecule has 1 unspecified atom stereocenters. The lowest BCUT2D eigenvalue weighted by molar-refractivity contribution is 0.0700. The zero-order valence-corrected chi connectivity index (χ0v) is 11.0. The van der Waals surface area contributed by atoms with Crippen molar-refractivity contribution in [1.29, 1.82) is 0 Å². The first-order chi connectivity index (χ1) is 8.01. The highest BCUT2D eigenvalue weighted by molar-refractivity contribution is 5.94. The number of hydrogen-bond donors (Lipinski definition) is 0. The van der Waals surface area contributed by atoms with Crippen LogP contribution in [0.1, 0.15) is 43.1 Å². The summed E-state index contributed by atoms with van der Waals surface area (Å²) >= 11 is 0. The normalized spacial score (nSPS) is 12.3. The summed E-state index contributed by atoms with van der Waals surface area (Å²) in [6.45, 7) is 8.38. The maximum absolute atomic E-state index is 13.1. The Labute approximate surface area is 102 Å². The predicted octanol–water partition coefficient (Wildman–Crippen LogP) is 3.39. The van der Waals surface area contributed by atoms with E-state index >= 15 is 0 Å². The van der Waals surface area contributed by atoms with Crippen molar-refractivity contribution in [2.45, 2.75) is 40.2 Å². The smallest absolute Gasteiger partial charge is 0.254 e. The highest BCUT2D eigenvalue weighted by Crippen LogP contribution is 2.14. The van der Waals surface area contributed by atoms with Crippen LogP contribution in [-0.4, -0.2) is 23.4 Å². The third-order valence-electron chi connectivity index (χ3n) is 3.13. The van der Waals surface area contributed by atoms with E-state index in [2.05, 4.69) is 6.92 Å². The number of hydrogen-bond acceptors (Lipinski definition) is 1. The molecule has 0 N–H and O–H groups in total. The second-order valence-electron chi connectivity index (χ2n) is 4.31. The highest BCUT2D eigenvalue weighted by Gasteiger charge is 2.19. The van der Waals surface area contributed by atoms with E-state index in [1.807, 2.05) is 18.7 Å². The van der Waals surface area contributed by atoms with Crippen LogP contribution in [0.25, 0.3) is 0 Å². The lowest BCUT2D eigenvalue weighted by Crippen LogP contribution is -2.38. The quantitative estimate of drug-likeness (QED) is 0.786. The molecule has 0 aliphatic rings. The molecule has 1 rings (SSSR count). The van der Waals surface area contributed by atoms with Gasteiger partial charge in [-0.2, -0.15) is 0 Å². The van der Waals surface area contributed by atoms with Crippen molar-refractivity contribution in [3.63, 3.8) is 0 Å². The Morgan fingerprint density at radius 3 is 2.53 bits per heavy atom. The molecular formula is C14H20FNO. The van der Waals surface area contributed by atoms with Gasteiger partial charge < -0.3 is 4.90 Å². The lowest BCUT2D eigenvalue weighted by atomic mass is 10.1. The third kappa shape index (κ3) is 3.05. The lowest BCUT2D eigenvalue weighted by Gasteiger charge is -2.27. The summed E-state index contributed by atoms with van der Waals surface area (Å²) in [7, 11) is 0. The van der Waals surface area contributed by atoms with Crippen LogP contribution in [0.5, 0.6) is 0 Å². The van der Waals surface area contributed by atoms with E-state index in [9.17, 15) is 9.18 Å². The Hall–Kier alpha value is -1.38. The Bertz CT molecular complexity index is 403. The fourth-order valence-electron chi connectivity index (χ4n) is 1.82. The fourth-order valence-corrected chi connectivity index (χ4v) is 1.82. The van der Waals surface area contributed by atoms with E-state index in [0.29, 0.717) is 17.7 Å². The number of halogens is 1. The maximum Gasteiger partial charge on any atom is 0.254 e. The Morgan fingerprint density at radius 1 is 1.41 bits per heavy atom. The van der Waals surface area contributed by atoms with Gasteiger partial charge in [0.25, 0.3) is 5.91 Å². The molecule has 0 saturated heterocycles. The minimum absolute atomic E-state index is 0.0232.